The van der Waals surface area contributed by atoms with E-state index in [1.54, 1.807) is 6.20 Å². The molecule has 1 aliphatic heterocycles. The zero-order valence-electron chi connectivity index (χ0n) is 13.4. The zero-order valence-corrected chi connectivity index (χ0v) is 15.0. The van der Waals surface area contributed by atoms with Crippen LogP contribution in [0, 0.1) is 0 Å². The van der Waals surface area contributed by atoms with Gasteiger partial charge in [-0.25, -0.2) is 4.98 Å². The minimum atomic E-state index is -0.141. The van der Waals surface area contributed by atoms with Crippen LogP contribution in [0.2, 0.25) is 0 Å². The molecule has 1 amide bonds. The number of ether oxygens (including phenoxy) is 1. The molecular formula is C18H20BrN3O2. The van der Waals surface area contributed by atoms with Crippen LogP contribution in [-0.2, 0) is 11.3 Å². The second kappa shape index (κ2) is 8.15. The Morgan fingerprint density at radius 1 is 1.21 bits per heavy atom. The normalized spacial score (nSPS) is 13.8. The van der Waals surface area contributed by atoms with E-state index in [1.807, 2.05) is 36.4 Å². The Labute approximate surface area is 150 Å². The maximum absolute atomic E-state index is 11.9. The number of carbonyl (C=O) groups is 1. The highest BCUT2D eigenvalue weighted by atomic mass is 79.9. The fourth-order valence-corrected chi connectivity index (χ4v) is 2.89. The number of pyridine rings is 1. The molecule has 2 heterocycles. The Balaban J connectivity index is 1.47. The first kappa shape index (κ1) is 16.8. The van der Waals surface area contributed by atoms with Gasteiger partial charge in [-0.15, -0.1) is 0 Å². The monoisotopic (exact) mass is 389 g/mol. The highest BCUT2D eigenvalue weighted by Gasteiger charge is 2.13. The van der Waals surface area contributed by atoms with Gasteiger partial charge in [0.25, 0.3) is 5.91 Å². The fourth-order valence-electron chi connectivity index (χ4n) is 2.62. The molecule has 1 aromatic carbocycles. The molecule has 0 bridgehead atoms. The van der Waals surface area contributed by atoms with Gasteiger partial charge in [-0.1, -0.05) is 15.9 Å². The molecule has 1 fully saturated rings. The Kier molecular flexibility index (Phi) is 5.69. The summed E-state index contributed by atoms with van der Waals surface area (Å²) < 4.78 is 6.44. The molecule has 24 heavy (non-hydrogen) atoms. The van der Waals surface area contributed by atoms with Crippen molar-refractivity contribution in [3.05, 3.63) is 52.6 Å². The molecular weight excluding hydrogens is 370 g/mol. The molecule has 0 spiro atoms. The van der Waals surface area contributed by atoms with Gasteiger partial charge in [0.2, 0.25) is 0 Å². The van der Waals surface area contributed by atoms with Gasteiger partial charge in [0, 0.05) is 30.3 Å². The Bertz CT molecular complexity index is 685. The lowest BCUT2D eigenvalue weighted by Gasteiger charge is -2.17. The molecule has 1 N–H and O–H groups in total. The number of aromatic nitrogens is 1. The molecule has 126 valence electrons. The third-order valence-corrected chi connectivity index (χ3v) is 4.44. The molecule has 3 rings (SSSR count). The van der Waals surface area contributed by atoms with Crippen molar-refractivity contribution in [1.29, 1.82) is 0 Å². The summed E-state index contributed by atoms with van der Waals surface area (Å²) in [5, 5.41) is 2.88. The quantitative estimate of drug-likeness (QED) is 0.824. The van der Waals surface area contributed by atoms with E-state index in [4.69, 9.17) is 4.74 Å². The number of halogens is 1. The van der Waals surface area contributed by atoms with Crippen LogP contribution in [0.5, 0.6) is 5.75 Å². The van der Waals surface area contributed by atoms with Crippen molar-refractivity contribution in [3.8, 4) is 5.75 Å². The van der Waals surface area contributed by atoms with Gasteiger partial charge in [-0.3, -0.25) is 4.79 Å². The predicted molar refractivity (Wildman–Crippen MR) is 97.2 cm³/mol. The SMILES string of the molecule is O=C(COc1ccc(Br)cc1)NCc1ccnc(N2CCCC2)c1. The molecule has 0 saturated carbocycles. The maximum atomic E-state index is 11.9. The first-order valence-corrected chi connectivity index (χ1v) is 8.85. The molecule has 5 nitrogen and oxygen atoms in total. The number of hydrogen-bond donors (Lipinski definition) is 1. The lowest BCUT2D eigenvalue weighted by molar-refractivity contribution is -0.123. The van der Waals surface area contributed by atoms with E-state index < -0.39 is 0 Å². The molecule has 6 heteroatoms. The topological polar surface area (TPSA) is 54.5 Å². The summed E-state index contributed by atoms with van der Waals surface area (Å²) in [5.41, 5.74) is 1.05. The highest BCUT2D eigenvalue weighted by molar-refractivity contribution is 9.10. The van der Waals surface area contributed by atoms with Crippen molar-refractivity contribution < 1.29 is 9.53 Å². The third kappa shape index (κ3) is 4.71. The first-order chi connectivity index (χ1) is 11.7. The summed E-state index contributed by atoms with van der Waals surface area (Å²) >= 11 is 3.36. The van der Waals surface area contributed by atoms with Crippen LogP contribution in [0.3, 0.4) is 0 Å². The number of hydrogen-bond acceptors (Lipinski definition) is 4. The number of amides is 1. The Morgan fingerprint density at radius 2 is 1.96 bits per heavy atom. The lowest BCUT2D eigenvalue weighted by atomic mass is 10.2. The van der Waals surface area contributed by atoms with Crippen LogP contribution in [0.4, 0.5) is 5.82 Å². The average Bonchev–Trinajstić information content (AvgIpc) is 3.14. The van der Waals surface area contributed by atoms with E-state index in [9.17, 15) is 4.79 Å². The minimum Gasteiger partial charge on any atom is -0.484 e. The van der Waals surface area contributed by atoms with E-state index >= 15 is 0 Å². The van der Waals surface area contributed by atoms with Crippen LogP contribution in [-0.4, -0.2) is 30.6 Å². The largest absolute Gasteiger partial charge is 0.484 e. The maximum Gasteiger partial charge on any atom is 0.258 e. The van der Waals surface area contributed by atoms with Crippen LogP contribution in [0.1, 0.15) is 18.4 Å². The van der Waals surface area contributed by atoms with E-state index in [0.29, 0.717) is 12.3 Å². The molecule has 2 aromatic rings. The second-order valence-corrected chi connectivity index (χ2v) is 6.65. The smallest absolute Gasteiger partial charge is 0.258 e. The number of benzene rings is 1. The van der Waals surface area contributed by atoms with Crippen molar-refractivity contribution in [3.63, 3.8) is 0 Å². The summed E-state index contributed by atoms with van der Waals surface area (Å²) in [5.74, 6) is 1.52. The molecule has 1 aromatic heterocycles. The standard InChI is InChI=1S/C18H20BrN3O2/c19-15-3-5-16(6-4-15)24-13-18(23)21-12-14-7-8-20-17(11-14)22-9-1-2-10-22/h3-8,11H,1-2,9-10,12-13H2,(H,21,23). The van der Waals surface area contributed by atoms with Gasteiger partial charge >= 0.3 is 0 Å². The average molecular weight is 390 g/mol. The third-order valence-electron chi connectivity index (χ3n) is 3.91. The van der Waals surface area contributed by atoms with Crippen LogP contribution in [0.25, 0.3) is 0 Å². The molecule has 0 atom stereocenters. The Morgan fingerprint density at radius 3 is 2.71 bits per heavy atom. The van der Waals surface area contributed by atoms with Crippen molar-refractivity contribution in [2.45, 2.75) is 19.4 Å². The first-order valence-electron chi connectivity index (χ1n) is 8.06. The number of carbonyl (C=O) groups excluding carboxylic acids is 1. The van der Waals surface area contributed by atoms with Crippen molar-refractivity contribution >= 4 is 27.7 Å². The number of nitrogens with zero attached hydrogens (tertiary/aromatic N) is 2. The zero-order chi connectivity index (χ0) is 16.8. The Hall–Kier alpha value is -2.08. The summed E-state index contributed by atoms with van der Waals surface area (Å²) in [6.07, 6.45) is 4.24. The van der Waals surface area contributed by atoms with Gasteiger partial charge in [-0.05, 0) is 54.8 Å². The van der Waals surface area contributed by atoms with Crippen molar-refractivity contribution in [2.24, 2.45) is 0 Å². The van der Waals surface area contributed by atoms with Gasteiger partial charge in [0.15, 0.2) is 6.61 Å². The number of rotatable bonds is 6. The number of anilines is 1. The molecule has 1 aliphatic rings. The fraction of sp³-hybridized carbons (Fsp3) is 0.333. The lowest BCUT2D eigenvalue weighted by Crippen LogP contribution is -2.28. The van der Waals surface area contributed by atoms with Gasteiger partial charge in [-0.2, -0.15) is 0 Å². The molecule has 1 saturated heterocycles. The minimum absolute atomic E-state index is 0.00565. The second-order valence-electron chi connectivity index (χ2n) is 5.74. The van der Waals surface area contributed by atoms with Gasteiger partial charge in [0.05, 0.1) is 0 Å². The predicted octanol–water partition coefficient (Wildman–Crippen LogP) is 3.14. The van der Waals surface area contributed by atoms with Crippen LogP contribution in [0.15, 0.2) is 47.1 Å². The summed E-state index contributed by atoms with van der Waals surface area (Å²) in [7, 11) is 0. The van der Waals surface area contributed by atoms with E-state index in [2.05, 4.69) is 31.1 Å². The van der Waals surface area contributed by atoms with Crippen LogP contribution < -0.4 is 15.0 Å². The molecule has 0 unspecified atom stereocenters. The summed E-state index contributed by atoms with van der Waals surface area (Å²) in [6.45, 7) is 2.60. The van der Waals surface area contributed by atoms with Crippen LogP contribution >= 0.6 is 15.9 Å². The van der Waals surface area contributed by atoms with Gasteiger partial charge in [0.1, 0.15) is 11.6 Å². The number of nitrogens with one attached hydrogen (secondary N) is 1. The van der Waals surface area contributed by atoms with Crippen molar-refractivity contribution in [2.75, 3.05) is 24.6 Å². The van der Waals surface area contributed by atoms with Crippen molar-refractivity contribution in [1.82, 2.24) is 10.3 Å². The molecule has 0 radical (unpaired) electrons. The molecule has 0 aliphatic carbocycles. The van der Waals surface area contributed by atoms with E-state index in [1.165, 1.54) is 12.8 Å². The summed E-state index contributed by atoms with van der Waals surface area (Å²) in [6, 6.07) is 11.4. The van der Waals surface area contributed by atoms with Gasteiger partial charge < -0.3 is 15.0 Å². The summed E-state index contributed by atoms with van der Waals surface area (Å²) in [4.78, 5) is 18.6. The highest BCUT2D eigenvalue weighted by Crippen LogP contribution is 2.18. The van der Waals surface area contributed by atoms with E-state index in [0.717, 1.165) is 28.9 Å². The van der Waals surface area contributed by atoms with E-state index in [-0.39, 0.29) is 12.5 Å².